The second kappa shape index (κ2) is 11.2. The standard InChI is InChI=1S/C28H44N2O3/c1-20(2)15-27(32)28(33)29(19-21-7-4-3-5-8-21)13-14-30-24-11-12-25(30)17-23(16-24)22-9-6-10-26(31)18-22/h6,9-10,18,20-21,23-25,27,31-32H,3-5,7-8,11-17,19H2,1-2H3/t23?,24-,25+,27-/m0/s1. The van der Waals surface area contributed by atoms with Crippen LogP contribution in [0.15, 0.2) is 24.3 Å². The molecule has 0 spiro atoms. The van der Waals surface area contributed by atoms with Gasteiger partial charge in [-0.2, -0.15) is 0 Å². The summed E-state index contributed by atoms with van der Waals surface area (Å²) in [5.74, 6) is 1.71. The van der Waals surface area contributed by atoms with Gasteiger partial charge in [-0.25, -0.2) is 0 Å². The van der Waals surface area contributed by atoms with Crippen molar-refractivity contribution in [1.82, 2.24) is 9.80 Å². The molecule has 184 valence electrons. The van der Waals surface area contributed by atoms with Gasteiger partial charge in [-0.15, -0.1) is 0 Å². The normalized spacial score (nSPS) is 27.1. The second-order valence-electron chi connectivity index (χ2n) is 11.3. The molecule has 1 saturated carbocycles. The number of phenolic OH excluding ortho intramolecular Hbond substituents is 1. The lowest BCUT2D eigenvalue weighted by Crippen LogP contribution is -2.49. The summed E-state index contributed by atoms with van der Waals surface area (Å²) in [5.41, 5.74) is 1.26. The first-order chi connectivity index (χ1) is 15.9. The first kappa shape index (κ1) is 24.5. The summed E-state index contributed by atoms with van der Waals surface area (Å²) in [7, 11) is 0. The van der Waals surface area contributed by atoms with Crippen LogP contribution in [0.3, 0.4) is 0 Å². The van der Waals surface area contributed by atoms with Crippen molar-refractivity contribution in [2.24, 2.45) is 11.8 Å². The minimum atomic E-state index is -0.873. The first-order valence-corrected chi connectivity index (χ1v) is 13.4. The summed E-state index contributed by atoms with van der Waals surface area (Å²) in [6.45, 7) is 6.58. The molecule has 1 unspecified atom stereocenters. The Hall–Kier alpha value is -1.59. The van der Waals surface area contributed by atoms with Crippen LogP contribution in [-0.4, -0.2) is 63.7 Å². The molecule has 3 fully saturated rings. The molecule has 1 aromatic rings. The zero-order valence-electron chi connectivity index (χ0n) is 20.7. The van der Waals surface area contributed by atoms with Gasteiger partial charge in [0.05, 0.1) is 0 Å². The number of fused-ring (bicyclic) bond motifs is 2. The fourth-order valence-corrected chi connectivity index (χ4v) is 6.66. The SMILES string of the molecule is CC(C)C[C@H](O)C(=O)N(CCN1[C@@H]2CC[C@H]1CC(c1cccc(O)c1)C2)CC1CCCCC1. The van der Waals surface area contributed by atoms with Crippen molar-refractivity contribution < 1.29 is 15.0 Å². The van der Waals surface area contributed by atoms with E-state index in [2.05, 4.69) is 24.8 Å². The van der Waals surface area contributed by atoms with Gasteiger partial charge < -0.3 is 15.1 Å². The Labute approximate surface area is 200 Å². The van der Waals surface area contributed by atoms with Crippen LogP contribution >= 0.6 is 0 Å². The van der Waals surface area contributed by atoms with Crippen molar-refractivity contribution >= 4 is 5.91 Å². The molecule has 1 aliphatic carbocycles. The maximum Gasteiger partial charge on any atom is 0.251 e. The van der Waals surface area contributed by atoms with Crippen LogP contribution in [0, 0.1) is 11.8 Å². The average molecular weight is 457 g/mol. The molecule has 2 bridgehead atoms. The van der Waals surface area contributed by atoms with Crippen molar-refractivity contribution in [2.45, 2.75) is 102 Å². The van der Waals surface area contributed by atoms with E-state index in [4.69, 9.17) is 0 Å². The lowest BCUT2D eigenvalue weighted by atomic mass is 9.85. The number of rotatable bonds is 9. The molecule has 2 N–H and O–H groups in total. The van der Waals surface area contributed by atoms with Gasteiger partial charge in [0.15, 0.2) is 0 Å². The van der Waals surface area contributed by atoms with E-state index in [1.165, 1.54) is 50.5 Å². The molecule has 5 nitrogen and oxygen atoms in total. The number of benzene rings is 1. The minimum Gasteiger partial charge on any atom is -0.508 e. The van der Waals surface area contributed by atoms with Crippen LogP contribution < -0.4 is 0 Å². The zero-order chi connectivity index (χ0) is 23.4. The molecule has 5 heteroatoms. The monoisotopic (exact) mass is 456 g/mol. The van der Waals surface area contributed by atoms with Crippen LogP contribution in [0.1, 0.15) is 89.5 Å². The van der Waals surface area contributed by atoms with E-state index in [-0.39, 0.29) is 5.91 Å². The van der Waals surface area contributed by atoms with E-state index in [0.717, 1.165) is 32.5 Å². The fourth-order valence-electron chi connectivity index (χ4n) is 6.66. The van der Waals surface area contributed by atoms with Gasteiger partial charge in [-0.3, -0.25) is 9.69 Å². The third kappa shape index (κ3) is 6.30. The van der Waals surface area contributed by atoms with Crippen molar-refractivity contribution in [3.05, 3.63) is 29.8 Å². The quantitative estimate of drug-likeness (QED) is 0.554. The number of carbonyl (C=O) groups excluding carboxylic acids is 1. The molecular formula is C28H44N2O3. The number of piperidine rings is 1. The molecule has 0 aromatic heterocycles. The third-order valence-corrected chi connectivity index (χ3v) is 8.35. The number of aliphatic hydroxyl groups is 1. The molecule has 3 aliphatic rings. The number of carbonyl (C=O) groups is 1. The summed E-state index contributed by atoms with van der Waals surface area (Å²) in [5, 5.41) is 20.5. The van der Waals surface area contributed by atoms with Crippen LogP contribution in [0.4, 0.5) is 0 Å². The van der Waals surface area contributed by atoms with Crippen molar-refractivity contribution in [2.75, 3.05) is 19.6 Å². The van der Waals surface area contributed by atoms with Gasteiger partial charge in [0.25, 0.3) is 5.91 Å². The van der Waals surface area contributed by atoms with Crippen molar-refractivity contribution in [3.63, 3.8) is 0 Å². The maximum atomic E-state index is 13.2. The highest BCUT2D eigenvalue weighted by Gasteiger charge is 2.41. The Kier molecular flexibility index (Phi) is 8.34. The van der Waals surface area contributed by atoms with Crippen LogP contribution in [0.5, 0.6) is 5.75 Å². The number of hydrogen-bond acceptors (Lipinski definition) is 4. The van der Waals surface area contributed by atoms with E-state index >= 15 is 0 Å². The predicted octanol–water partition coefficient (Wildman–Crippen LogP) is 4.92. The highest BCUT2D eigenvalue weighted by molar-refractivity contribution is 5.80. The topological polar surface area (TPSA) is 64.0 Å². The lowest BCUT2D eigenvalue weighted by Gasteiger charge is -2.41. The van der Waals surface area contributed by atoms with Gasteiger partial charge >= 0.3 is 0 Å². The molecule has 4 rings (SSSR count). The number of amides is 1. The molecule has 2 saturated heterocycles. The summed E-state index contributed by atoms with van der Waals surface area (Å²) in [6, 6.07) is 8.90. The van der Waals surface area contributed by atoms with Gasteiger partial charge in [0.2, 0.25) is 0 Å². The van der Waals surface area contributed by atoms with E-state index in [1.807, 2.05) is 17.0 Å². The second-order valence-corrected chi connectivity index (χ2v) is 11.3. The van der Waals surface area contributed by atoms with E-state index in [0.29, 0.717) is 42.0 Å². The van der Waals surface area contributed by atoms with E-state index in [1.54, 1.807) is 6.07 Å². The molecule has 0 radical (unpaired) electrons. The van der Waals surface area contributed by atoms with E-state index in [9.17, 15) is 15.0 Å². The molecule has 1 amide bonds. The number of phenols is 1. The van der Waals surface area contributed by atoms with Crippen molar-refractivity contribution in [3.8, 4) is 5.75 Å². The molecule has 2 aliphatic heterocycles. The first-order valence-electron chi connectivity index (χ1n) is 13.4. The fraction of sp³-hybridized carbons (Fsp3) is 0.750. The highest BCUT2D eigenvalue weighted by Crippen LogP contribution is 2.43. The Balaban J connectivity index is 1.38. The molecule has 4 atom stereocenters. The Morgan fingerprint density at radius 1 is 1.09 bits per heavy atom. The zero-order valence-corrected chi connectivity index (χ0v) is 20.7. The smallest absolute Gasteiger partial charge is 0.251 e. The third-order valence-electron chi connectivity index (χ3n) is 8.35. The lowest BCUT2D eigenvalue weighted by molar-refractivity contribution is -0.142. The van der Waals surface area contributed by atoms with Crippen molar-refractivity contribution in [1.29, 1.82) is 0 Å². The van der Waals surface area contributed by atoms with Gasteiger partial charge in [0.1, 0.15) is 11.9 Å². The Morgan fingerprint density at radius 3 is 2.42 bits per heavy atom. The largest absolute Gasteiger partial charge is 0.508 e. The average Bonchev–Trinajstić information content (AvgIpc) is 3.03. The van der Waals surface area contributed by atoms with Crippen LogP contribution in [-0.2, 0) is 4.79 Å². The molecular weight excluding hydrogens is 412 g/mol. The van der Waals surface area contributed by atoms with Gasteiger partial charge in [0, 0.05) is 31.7 Å². The molecule has 1 aromatic carbocycles. The number of nitrogens with zero attached hydrogens (tertiary/aromatic N) is 2. The minimum absolute atomic E-state index is 0.0590. The summed E-state index contributed by atoms with van der Waals surface area (Å²) < 4.78 is 0. The maximum absolute atomic E-state index is 13.2. The predicted molar refractivity (Wildman–Crippen MR) is 132 cm³/mol. The number of aromatic hydroxyl groups is 1. The number of aliphatic hydroxyl groups excluding tert-OH is 1. The Morgan fingerprint density at radius 2 is 1.79 bits per heavy atom. The summed E-state index contributed by atoms with van der Waals surface area (Å²) in [4.78, 5) is 17.9. The summed E-state index contributed by atoms with van der Waals surface area (Å²) in [6.07, 6.45) is 10.7. The van der Waals surface area contributed by atoms with E-state index < -0.39 is 6.10 Å². The van der Waals surface area contributed by atoms with Crippen LogP contribution in [0.25, 0.3) is 0 Å². The Bertz CT molecular complexity index is 762. The number of hydrogen-bond donors (Lipinski definition) is 2. The summed E-state index contributed by atoms with van der Waals surface area (Å²) >= 11 is 0. The molecule has 33 heavy (non-hydrogen) atoms. The van der Waals surface area contributed by atoms with Gasteiger partial charge in [-0.1, -0.05) is 45.2 Å². The van der Waals surface area contributed by atoms with Crippen LogP contribution in [0.2, 0.25) is 0 Å². The highest BCUT2D eigenvalue weighted by atomic mass is 16.3. The van der Waals surface area contributed by atoms with Gasteiger partial charge in [-0.05, 0) is 80.4 Å². The molecule has 2 heterocycles.